The van der Waals surface area contributed by atoms with Crippen molar-refractivity contribution in [1.82, 2.24) is 0 Å². The number of thioether (sulfide) groups is 1. The molecule has 0 fully saturated rings. The highest BCUT2D eigenvalue weighted by molar-refractivity contribution is 8.00. The molecular formula is C14H23NS. The number of hydrogen-bond donors (Lipinski definition) is 1. The van der Waals surface area contributed by atoms with E-state index in [1.165, 1.54) is 16.7 Å². The van der Waals surface area contributed by atoms with Crippen molar-refractivity contribution in [3.63, 3.8) is 0 Å². The third kappa shape index (κ3) is 4.18. The fourth-order valence-corrected chi connectivity index (χ4v) is 2.30. The van der Waals surface area contributed by atoms with Crippen LogP contribution in [0, 0.1) is 13.8 Å². The predicted octanol–water partition coefficient (Wildman–Crippen LogP) is 3.83. The first kappa shape index (κ1) is 13.6. The molecule has 0 saturated carbocycles. The first-order chi connectivity index (χ1) is 7.29. The van der Waals surface area contributed by atoms with Gasteiger partial charge in [0.05, 0.1) is 0 Å². The lowest BCUT2D eigenvalue weighted by atomic mass is 10.0. The molecule has 0 heterocycles. The van der Waals surface area contributed by atoms with Crippen molar-refractivity contribution in [3.8, 4) is 0 Å². The van der Waals surface area contributed by atoms with Crippen LogP contribution in [-0.2, 0) is 0 Å². The maximum absolute atomic E-state index is 6.20. The van der Waals surface area contributed by atoms with Crippen LogP contribution in [0.5, 0.6) is 0 Å². The average molecular weight is 237 g/mol. The van der Waals surface area contributed by atoms with E-state index in [-0.39, 0.29) is 10.8 Å². The number of aryl methyl sites for hydroxylation is 2. The first-order valence-electron chi connectivity index (χ1n) is 5.76. The first-order valence-corrected chi connectivity index (χ1v) is 6.75. The molecule has 1 rings (SSSR count). The Kier molecular flexibility index (Phi) is 4.45. The quantitative estimate of drug-likeness (QED) is 0.864. The lowest BCUT2D eigenvalue weighted by molar-refractivity contribution is 0.778. The SMILES string of the molecule is Cc1ccc(C(N)CSC(C)(C)C)cc1C. The van der Waals surface area contributed by atoms with Gasteiger partial charge in [-0.1, -0.05) is 39.0 Å². The average Bonchev–Trinajstić information content (AvgIpc) is 2.17. The van der Waals surface area contributed by atoms with Crippen molar-refractivity contribution in [2.75, 3.05) is 5.75 Å². The van der Waals surface area contributed by atoms with E-state index >= 15 is 0 Å². The molecule has 0 radical (unpaired) electrons. The summed E-state index contributed by atoms with van der Waals surface area (Å²) in [4.78, 5) is 0. The number of benzene rings is 1. The van der Waals surface area contributed by atoms with Crippen LogP contribution >= 0.6 is 11.8 Å². The molecule has 0 saturated heterocycles. The second-order valence-electron chi connectivity index (χ2n) is 5.37. The molecule has 0 aliphatic rings. The summed E-state index contributed by atoms with van der Waals surface area (Å²) in [5, 5.41) is 0. The smallest absolute Gasteiger partial charge is 0.0387 e. The van der Waals surface area contributed by atoms with Gasteiger partial charge in [-0.2, -0.15) is 11.8 Å². The molecule has 1 atom stereocenters. The number of nitrogens with two attached hydrogens (primary N) is 1. The molecule has 90 valence electrons. The van der Waals surface area contributed by atoms with E-state index in [2.05, 4.69) is 52.8 Å². The van der Waals surface area contributed by atoms with Crippen LogP contribution < -0.4 is 5.73 Å². The van der Waals surface area contributed by atoms with Gasteiger partial charge in [-0.05, 0) is 30.5 Å². The molecule has 2 N–H and O–H groups in total. The largest absolute Gasteiger partial charge is 0.323 e. The highest BCUT2D eigenvalue weighted by Crippen LogP contribution is 2.27. The van der Waals surface area contributed by atoms with Crippen molar-refractivity contribution < 1.29 is 0 Å². The van der Waals surface area contributed by atoms with Crippen LogP contribution in [0.4, 0.5) is 0 Å². The molecule has 0 aliphatic heterocycles. The van der Waals surface area contributed by atoms with Crippen molar-refractivity contribution in [3.05, 3.63) is 34.9 Å². The number of hydrogen-bond acceptors (Lipinski definition) is 2. The second kappa shape index (κ2) is 5.24. The molecule has 1 aromatic rings. The third-order valence-corrected chi connectivity index (χ3v) is 4.05. The maximum Gasteiger partial charge on any atom is 0.0387 e. The second-order valence-corrected chi connectivity index (χ2v) is 7.22. The van der Waals surface area contributed by atoms with Gasteiger partial charge in [0.25, 0.3) is 0 Å². The van der Waals surface area contributed by atoms with Gasteiger partial charge >= 0.3 is 0 Å². The van der Waals surface area contributed by atoms with Gasteiger partial charge in [-0.15, -0.1) is 0 Å². The Morgan fingerprint density at radius 3 is 2.31 bits per heavy atom. The zero-order valence-electron chi connectivity index (χ0n) is 11.0. The highest BCUT2D eigenvalue weighted by atomic mass is 32.2. The summed E-state index contributed by atoms with van der Waals surface area (Å²) in [6.45, 7) is 11.0. The summed E-state index contributed by atoms with van der Waals surface area (Å²) < 4.78 is 0.289. The molecule has 0 aliphatic carbocycles. The summed E-state index contributed by atoms with van der Waals surface area (Å²) in [6, 6.07) is 6.66. The van der Waals surface area contributed by atoms with Crippen molar-refractivity contribution >= 4 is 11.8 Å². The van der Waals surface area contributed by atoms with Crippen molar-refractivity contribution in [2.45, 2.75) is 45.4 Å². The molecule has 1 unspecified atom stereocenters. The number of rotatable bonds is 3. The van der Waals surface area contributed by atoms with Crippen LogP contribution in [0.1, 0.15) is 43.5 Å². The van der Waals surface area contributed by atoms with Crippen molar-refractivity contribution in [2.24, 2.45) is 5.73 Å². The van der Waals surface area contributed by atoms with Gasteiger partial charge in [0.1, 0.15) is 0 Å². The van der Waals surface area contributed by atoms with Gasteiger partial charge in [0.2, 0.25) is 0 Å². The van der Waals surface area contributed by atoms with E-state index in [4.69, 9.17) is 5.73 Å². The van der Waals surface area contributed by atoms with Crippen LogP contribution in [0.3, 0.4) is 0 Å². The summed E-state index contributed by atoms with van der Waals surface area (Å²) in [5.41, 5.74) is 10.1. The topological polar surface area (TPSA) is 26.0 Å². The molecule has 1 aromatic carbocycles. The van der Waals surface area contributed by atoms with Crippen LogP contribution in [0.15, 0.2) is 18.2 Å². The minimum atomic E-state index is 0.142. The monoisotopic (exact) mass is 237 g/mol. The maximum atomic E-state index is 6.20. The standard InChI is InChI=1S/C14H23NS/c1-10-6-7-12(8-11(10)2)13(15)9-16-14(3,4)5/h6-8,13H,9,15H2,1-5H3. The predicted molar refractivity (Wildman–Crippen MR) is 75.1 cm³/mol. The van der Waals surface area contributed by atoms with Crippen LogP contribution in [-0.4, -0.2) is 10.5 Å². The normalized spacial score (nSPS) is 13.9. The van der Waals surface area contributed by atoms with E-state index in [0.717, 1.165) is 5.75 Å². The van der Waals surface area contributed by atoms with E-state index < -0.39 is 0 Å². The van der Waals surface area contributed by atoms with Gasteiger partial charge < -0.3 is 5.73 Å². The van der Waals surface area contributed by atoms with Crippen molar-refractivity contribution in [1.29, 1.82) is 0 Å². The van der Waals surface area contributed by atoms with E-state index in [1.807, 2.05) is 11.8 Å². The summed E-state index contributed by atoms with van der Waals surface area (Å²) in [6.07, 6.45) is 0. The lowest BCUT2D eigenvalue weighted by Crippen LogP contribution is -2.18. The van der Waals surface area contributed by atoms with Crippen LogP contribution in [0.2, 0.25) is 0 Å². The highest BCUT2D eigenvalue weighted by Gasteiger charge is 2.14. The van der Waals surface area contributed by atoms with Gasteiger partial charge in [-0.25, -0.2) is 0 Å². The molecular weight excluding hydrogens is 214 g/mol. The summed E-state index contributed by atoms with van der Waals surface area (Å²) >= 11 is 1.92. The van der Waals surface area contributed by atoms with Gasteiger partial charge in [0.15, 0.2) is 0 Å². The molecule has 0 bridgehead atoms. The Morgan fingerprint density at radius 1 is 1.19 bits per heavy atom. The van der Waals surface area contributed by atoms with E-state index in [0.29, 0.717) is 0 Å². The molecule has 0 amide bonds. The molecule has 0 spiro atoms. The Morgan fingerprint density at radius 2 is 1.81 bits per heavy atom. The Hall–Kier alpha value is -0.470. The third-order valence-electron chi connectivity index (χ3n) is 2.66. The fraction of sp³-hybridized carbons (Fsp3) is 0.571. The Balaban J connectivity index is 2.66. The van der Waals surface area contributed by atoms with E-state index in [9.17, 15) is 0 Å². The van der Waals surface area contributed by atoms with Crippen LogP contribution in [0.25, 0.3) is 0 Å². The fourth-order valence-electron chi connectivity index (χ4n) is 1.43. The minimum Gasteiger partial charge on any atom is -0.323 e. The summed E-state index contributed by atoms with van der Waals surface area (Å²) in [5.74, 6) is 0.978. The van der Waals surface area contributed by atoms with Gasteiger partial charge in [-0.3, -0.25) is 0 Å². The molecule has 16 heavy (non-hydrogen) atoms. The lowest BCUT2D eigenvalue weighted by Gasteiger charge is -2.21. The summed E-state index contributed by atoms with van der Waals surface area (Å²) in [7, 11) is 0. The Bertz CT molecular complexity index is 352. The molecule has 2 heteroatoms. The minimum absolute atomic E-state index is 0.142. The van der Waals surface area contributed by atoms with E-state index in [1.54, 1.807) is 0 Å². The molecule has 1 nitrogen and oxygen atoms in total. The zero-order valence-corrected chi connectivity index (χ0v) is 11.8. The zero-order chi connectivity index (χ0) is 12.3. The van der Waals surface area contributed by atoms with Gasteiger partial charge in [0, 0.05) is 16.5 Å². The Labute approximate surface area is 104 Å². The molecule has 0 aromatic heterocycles.